The van der Waals surface area contributed by atoms with Gasteiger partial charge in [0.2, 0.25) is 0 Å². The van der Waals surface area contributed by atoms with Gasteiger partial charge in [-0.25, -0.2) is 8.42 Å². The molecule has 8 heteroatoms. The van der Waals surface area contributed by atoms with Crippen LogP contribution in [0.3, 0.4) is 0 Å². The second kappa shape index (κ2) is 5.59. The fraction of sp³-hybridized carbons (Fsp3) is 1.00. The number of piperidine rings is 1. The van der Waals surface area contributed by atoms with Gasteiger partial charge in [0, 0.05) is 13.1 Å². The van der Waals surface area contributed by atoms with Gasteiger partial charge >= 0.3 is 6.18 Å². The van der Waals surface area contributed by atoms with Gasteiger partial charge in [-0.15, -0.1) is 0 Å². The van der Waals surface area contributed by atoms with Gasteiger partial charge in [0.1, 0.15) is 0 Å². The van der Waals surface area contributed by atoms with Crippen LogP contribution in [-0.2, 0) is 9.84 Å². The molecule has 23 heavy (non-hydrogen) atoms. The second-order valence-electron chi connectivity index (χ2n) is 7.69. The number of hydrogen-bond acceptors (Lipinski definition) is 4. The zero-order chi connectivity index (χ0) is 16.9. The van der Waals surface area contributed by atoms with E-state index in [0.29, 0.717) is 25.9 Å². The first-order chi connectivity index (χ1) is 10.5. The molecule has 2 saturated heterocycles. The summed E-state index contributed by atoms with van der Waals surface area (Å²) in [7, 11) is -3.07. The number of rotatable bonds is 2. The molecule has 0 aromatic heterocycles. The summed E-state index contributed by atoms with van der Waals surface area (Å²) in [5.74, 6) is -1.30. The van der Waals surface area contributed by atoms with Crippen molar-refractivity contribution >= 4 is 9.84 Å². The van der Waals surface area contributed by atoms with E-state index in [1.807, 2.05) is 4.90 Å². The van der Waals surface area contributed by atoms with E-state index in [1.54, 1.807) is 0 Å². The van der Waals surface area contributed by atoms with Crippen LogP contribution in [0.4, 0.5) is 13.2 Å². The molecule has 3 aliphatic rings. The average molecular weight is 355 g/mol. The number of hydrogen-bond donors (Lipinski definition) is 1. The Labute approximate surface area is 135 Å². The van der Waals surface area contributed by atoms with Crippen molar-refractivity contribution in [3.63, 3.8) is 0 Å². The predicted molar refractivity (Wildman–Crippen MR) is 79.7 cm³/mol. The predicted octanol–water partition coefficient (Wildman–Crippen LogP) is 1.98. The highest BCUT2D eigenvalue weighted by Gasteiger charge is 2.58. The molecule has 3 fully saturated rings. The Bertz CT molecular complexity index is 543. The van der Waals surface area contributed by atoms with Crippen molar-refractivity contribution in [3.8, 4) is 0 Å². The van der Waals surface area contributed by atoms with E-state index in [-0.39, 0.29) is 37.3 Å². The first-order valence-corrected chi connectivity index (χ1v) is 10.1. The highest BCUT2D eigenvalue weighted by atomic mass is 32.2. The molecule has 0 aromatic carbocycles. The van der Waals surface area contributed by atoms with Crippen molar-refractivity contribution in [2.45, 2.75) is 50.3 Å². The van der Waals surface area contributed by atoms with Crippen molar-refractivity contribution in [1.29, 1.82) is 0 Å². The van der Waals surface area contributed by atoms with Crippen LogP contribution in [-0.4, -0.2) is 61.3 Å². The number of β-amino-alcohol motifs (C(OH)–C–C–N with tert-alkyl or cyclic N) is 1. The molecular formula is C15H24F3NO3S. The molecule has 0 radical (unpaired) electrons. The number of halogens is 3. The fourth-order valence-corrected chi connectivity index (χ4v) is 6.11. The Morgan fingerprint density at radius 1 is 1.13 bits per heavy atom. The molecule has 1 aliphatic carbocycles. The molecule has 2 heterocycles. The first kappa shape index (κ1) is 17.5. The van der Waals surface area contributed by atoms with Crippen LogP contribution in [0, 0.1) is 11.3 Å². The molecule has 3 rings (SSSR count). The van der Waals surface area contributed by atoms with Gasteiger partial charge in [-0.1, -0.05) is 6.42 Å². The van der Waals surface area contributed by atoms with Gasteiger partial charge in [0.05, 0.1) is 23.0 Å². The molecule has 2 aliphatic heterocycles. The second-order valence-corrected chi connectivity index (χ2v) is 9.99. The smallest absolute Gasteiger partial charge is 0.388 e. The monoisotopic (exact) mass is 355 g/mol. The van der Waals surface area contributed by atoms with Gasteiger partial charge in [-0.3, -0.25) is 4.90 Å². The molecule has 1 N–H and O–H groups in total. The normalized spacial score (nSPS) is 33.3. The van der Waals surface area contributed by atoms with Gasteiger partial charge in [-0.05, 0) is 44.1 Å². The lowest BCUT2D eigenvalue weighted by Crippen LogP contribution is -2.59. The van der Waals surface area contributed by atoms with E-state index < -0.39 is 32.9 Å². The van der Waals surface area contributed by atoms with Crippen LogP contribution in [0.2, 0.25) is 0 Å². The number of aliphatic hydroxyl groups is 1. The zero-order valence-electron chi connectivity index (χ0n) is 13.1. The van der Waals surface area contributed by atoms with Gasteiger partial charge in [0.15, 0.2) is 9.84 Å². The minimum absolute atomic E-state index is 0.0341. The third-order valence-electron chi connectivity index (χ3n) is 6.03. The third-order valence-corrected chi connectivity index (χ3v) is 7.68. The molecule has 4 nitrogen and oxygen atoms in total. The van der Waals surface area contributed by atoms with Crippen LogP contribution >= 0.6 is 0 Å². The maximum absolute atomic E-state index is 13.3. The van der Waals surface area contributed by atoms with E-state index in [0.717, 1.165) is 6.42 Å². The molecule has 1 saturated carbocycles. The third kappa shape index (κ3) is 3.54. The van der Waals surface area contributed by atoms with E-state index in [2.05, 4.69) is 0 Å². The summed E-state index contributed by atoms with van der Waals surface area (Å²) >= 11 is 0. The van der Waals surface area contributed by atoms with Crippen LogP contribution in [0.15, 0.2) is 0 Å². The Balaban J connectivity index is 1.65. The summed E-state index contributed by atoms with van der Waals surface area (Å²) in [5.41, 5.74) is -1.77. The lowest BCUT2D eigenvalue weighted by Gasteiger charge is -2.55. The van der Waals surface area contributed by atoms with Gasteiger partial charge < -0.3 is 5.11 Å². The molecule has 1 atom stereocenters. The molecular weight excluding hydrogens is 331 g/mol. The van der Waals surface area contributed by atoms with E-state index in [4.69, 9.17) is 0 Å². The average Bonchev–Trinajstić information content (AvgIpc) is 2.40. The summed E-state index contributed by atoms with van der Waals surface area (Å²) in [6.45, 7) is 0.974. The topological polar surface area (TPSA) is 57.6 Å². The van der Waals surface area contributed by atoms with Gasteiger partial charge in [0.25, 0.3) is 0 Å². The van der Waals surface area contributed by atoms with Crippen molar-refractivity contribution in [3.05, 3.63) is 0 Å². The molecule has 1 unspecified atom stereocenters. The number of likely N-dealkylation sites (tertiary alicyclic amines) is 1. The Hall–Kier alpha value is -0.340. The highest BCUT2D eigenvalue weighted by Crippen LogP contribution is 2.56. The van der Waals surface area contributed by atoms with Crippen molar-refractivity contribution in [2.75, 3.05) is 31.1 Å². The van der Waals surface area contributed by atoms with Crippen molar-refractivity contribution in [2.24, 2.45) is 11.3 Å². The highest BCUT2D eigenvalue weighted by molar-refractivity contribution is 7.91. The Kier molecular flexibility index (Phi) is 4.25. The standard InChI is InChI=1S/C15H24F3NO3S/c16-15(17,18)12-2-7-19(10-13(12)3-1-4-13)11-14(20)5-8-23(21,22)9-6-14/h12,20H,1-11H2. The van der Waals surface area contributed by atoms with Crippen LogP contribution in [0.25, 0.3) is 0 Å². The lowest BCUT2D eigenvalue weighted by molar-refractivity contribution is -0.239. The van der Waals surface area contributed by atoms with E-state index in [9.17, 15) is 26.7 Å². The van der Waals surface area contributed by atoms with Crippen molar-refractivity contribution in [1.82, 2.24) is 4.90 Å². The maximum atomic E-state index is 13.3. The number of nitrogens with zero attached hydrogens (tertiary/aromatic N) is 1. The summed E-state index contributed by atoms with van der Waals surface area (Å²) in [6.07, 6.45) is -1.67. The number of sulfone groups is 1. The molecule has 1 spiro atoms. The quantitative estimate of drug-likeness (QED) is 0.823. The van der Waals surface area contributed by atoms with Gasteiger partial charge in [-0.2, -0.15) is 13.2 Å². The number of alkyl halides is 3. The zero-order valence-corrected chi connectivity index (χ0v) is 13.9. The fourth-order valence-electron chi connectivity index (χ4n) is 4.53. The maximum Gasteiger partial charge on any atom is 0.392 e. The van der Waals surface area contributed by atoms with E-state index >= 15 is 0 Å². The Morgan fingerprint density at radius 2 is 1.74 bits per heavy atom. The Morgan fingerprint density at radius 3 is 2.22 bits per heavy atom. The minimum Gasteiger partial charge on any atom is -0.388 e. The lowest BCUT2D eigenvalue weighted by atomic mass is 9.58. The molecule has 0 amide bonds. The van der Waals surface area contributed by atoms with Crippen LogP contribution in [0.5, 0.6) is 0 Å². The summed E-state index contributed by atoms with van der Waals surface area (Å²) < 4.78 is 62.8. The SMILES string of the molecule is O=S1(=O)CCC(O)(CN2CCC(C(F)(F)F)C3(CCC3)C2)CC1. The largest absolute Gasteiger partial charge is 0.392 e. The summed E-state index contributed by atoms with van der Waals surface area (Å²) in [4.78, 5) is 1.93. The van der Waals surface area contributed by atoms with Crippen LogP contribution < -0.4 is 0 Å². The molecule has 134 valence electrons. The minimum atomic E-state index is -4.15. The van der Waals surface area contributed by atoms with Crippen LogP contribution in [0.1, 0.15) is 38.5 Å². The molecule has 0 aromatic rings. The molecule has 0 bridgehead atoms. The summed E-state index contributed by atoms with van der Waals surface area (Å²) in [5, 5.41) is 10.6. The van der Waals surface area contributed by atoms with E-state index in [1.165, 1.54) is 0 Å². The summed E-state index contributed by atoms with van der Waals surface area (Å²) in [6, 6.07) is 0. The van der Waals surface area contributed by atoms with Crippen molar-refractivity contribution < 1.29 is 26.7 Å². The first-order valence-electron chi connectivity index (χ1n) is 8.26.